The van der Waals surface area contributed by atoms with Gasteiger partial charge in [0, 0.05) is 7.05 Å². The topological polar surface area (TPSA) is 149 Å². The van der Waals surface area contributed by atoms with Gasteiger partial charge in [0.1, 0.15) is 18.1 Å². The smallest absolute Gasteiger partial charge is 0.245 e. The number of hydrogen-bond donors (Lipinski definition) is 6. The molecule has 0 unspecified atom stereocenters. The average molecular weight is 359 g/mol. The summed E-state index contributed by atoms with van der Waals surface area (Å²) in [5.74, 6) is -2.13. The minimum atomic E-state index is -1.26. The summed E-state index contributed by atoms with van der Waals surface area (Å²) < 4.78 is 0. The van der Waals surface area contributed by atoms with Gasteiger partial charge in [0.2, 0.25) is 23.6 Å². The second-order valence-electron chi connectivity index (χ2n) is 5.81. The summed E-state index contributed by atoms with van der Waals surface area (Å²) in [6.45, 7) is 5.90. The summed E-state index contributed by atoms with van der Waals surface area (Å²) in [5.41, 5.74) is 0. The molecule has 5 atom stereocenters. The number of amides is 4. The fraction of sp³-hybridized carbons (Fsp3) is 0.733. The van der Waals surface area contributed by atoms with Crippen molar-refractivity contribution in [1.29, 1.82) is 0 Å². The average Bonchev–Trinajstić information content (AvgIpc) is 2.56. The number of hydrogen-bond acceptors (Lipinski definition) is 6. The van der Waals surface area contributed by atoms with Crippen LogP contribution in [0.15, 0.2) is 0 Å². The molecule has 0 aromatic rings. The monoisotopic (exact) mass is 359 g/mol. The molecule has 0 heterocycles. The standard InChI is InChI=1S/C15H29N5O5/c1-7(16-5)13(23)18-9(3)14(24)20-11(10(4)21)15(25)19-8(2)12(22)17-6/h7-11,16,21H,1-6H3,(H,17,22)(H,18,23)(H,19,25)(H,20,24)/t7-,8-,9-,10+,11-/m0/s1. The number of rotatable bonds is 9. The van der Waals surface area contributed by atoms with Crippen LogP contribution in [0.4, 0.5) is 0 Å². The van der Waals surface area contributed by atoms with Gasteiger partial charge in [-0.3, -0.25) is 19.2 Å². The molecule has 0 fully saturated rings. The first-order valence-electron chi connectivity index (χ1n) is 8.03. The molecule has 0 radical (unpaired) electrons. The Morgan fingerprint density at radius 1 is 0.680 bits per heavy atom. The summed E-state index contributed by atoms with van der Waals surface area (Å²) in [6.07, 6.45) is -1.19. The lowest BCUT2D eigenvalue weighted by Gasteiger charge is -2.25. The van der Waals surface area contributed by atoms with Crippen LogP contribution in [0, 0.1) is 0 Å². The maximum atomic E-state index is 12.2. The molecule has 4 amide bonds. The van der Waals surface area contributed by atoms with E-state index in [-0.39, 0.29) is 5.91 Å². The Kier molecular flexibility index (Phi) is 9.69. The fourth-order valence-corrected chi connectivity index (χ4v) is 1.80. The van der Waals surface area contributed by atoms with E-state index >= 15 is 0 Å². The number of aliphatic hydroxyl groups excluding tert-OH is 1. The van der Waals surface area contributed by atoms with Gasteiger partial charge in [0.15, 0.2) is 0 Å². The van der Waals surface area contributed by atoms with Gasteiger partial charge in [-0.1, -0.05) is 0 Å². The fourth-order valence-electron chi connectivity index (χ4n) is 1.80. The zero-order chi connectivity index (χ0) is 19.7. The van der Waals surface area contributed by atoms with E-state index < -0.39 is 48.0 Å². The Hall–Kier alpha value is -2.20. The molecule has 144 valence electrons. The maximum Gasteiger partial charge on any atom is 0.245 e. The van der Waals surface area contributed by atoms with E-state index in [1.165, 1.54) is 27.8 Å². The lowest BCUT2D eigenvalue weighted by atomic mass is 10.1. The number of aliphatic hydroxyl groups is 1. The van der Waals surface area contributed by atoms with Crippen molar-refractivity contribution in [2.45, 2.75) is 58.0 Å². The normalized spacial score (nSPS) is 16.6. The van der Waals surface area contributed by atoms with Crippen LogP contribution >= 0.6 is 0 Å². The van der Waals surface area contributed by atoms with Crippen LogP contribution in [0.25, 0.3) is 0 Å². The van der Waals surface area contributed by atoms with Crippen molar-refractivity contribution in [2.75, 3.05) is 14.1 Å². The third-order valence-electron chi connectivity index (χ3n) is 3.64. The highest BCUT2D eigenvalue weighted by Crippen LogP contribution is 1.97. The molecule has 10 heteroatoms. The molecule has 25 heavy (non-hydrogen) atoms. The maximum absolute atomic E-state index is 12.2. The highest BCUT2D eigenvalue weighted by atomic mass is 16.3. The Bertz CT molecular complexity index is 497. The van der Waals surface area contributed by atoms with Gasteiger partial charge in [-0.15, -0.1) is 0 Å². The molecule has 0 bridgehead atoms. The third-order valence-corrected chi connectivity index (χ3v) is 3.64. The molecule has 0 rings (SSSR count). The first-order valence-corrected chi connectivity index (χ1v) is 8.03. The minimum Gasteiger partial charge on any atom is -0.391 e. The molecule has 0 aliphatic heterocycles. The zero-order valence-electron chi connectivity index (χ0n) is 15.5. The van der Waals surface area contributed by atoms with Crippen molar-refractivity contribution in [3.05, 3.63) is 0 Å². The van der Waals surface area contributed by atoms with Crippen molar-refractivity contribution in [1.82, 2.24) is 26.6 Å². The van der Waals surface area contributed by atoms with E-state index in [9.17, 15) is 24.3 Å². The van der Waals surface area contributed by atoms with Gasteiger partial charge in [-0.2, -0.15) is 0 Å². The molecule has 0 spiro atoms. The molecule has 0 aromatic heterocycles. The Morgan fingerprint density at radius 2 is 1.12 bits per heavy atom. The van der Waals surface area contributed by atoms with Gasteiger partial charge in [0.05, 0.1) is 12.1 Å². The van der Waals surface area contributed by atoms with E-state index in [1.807, 2.05) is 0 Å². The molecule has 0 aliphatic carbocycles. The molecule has 10 nitrogen and oxygen atoms in total. The molecule has 0 saturated carbocycles. The lowest BCUT2D eigenvalue weighted by molar-refractivity contribution is -0.135. The molecular formula is C15H29N5O5. The Labute approximate surface area is 147 Å². The predicted molar refractivity (Wildman–Crippen MR) is 91.4 cm³/mol. The lowest BCUT2D eigenvalue weighted by Crippen LogP contribution is -2.59. The predicted octanol–water partition coefficient (Wildman–Crippen LogP) is -2.78. The molecular weight excluding hydrogens is 330 g/mol. The molecule has 0 aromatic carbocycles. The van der Waals surface area contributed by atoms with Crippen LogP contribution < -0.4 is 26.6 Å². The van der Waals surface area contributed by atoms with E-state index in [0.717, 1.165) is 0 Å². The van der Waals surface area contributed by atoms with Gasteiger partial charge >= 0.3 is 0 Å². The SMILES string of the molecule is CNC(=O)[C@H](C)NC(=O)[C@@H](NC(=O)[C@H](C)NC(=O)[C@H](C)NC)[C@@H](C)O. The van der Waals surface area contributed by atoms with Crippen molar-refractivity contribution >= 4 is 23.6 Å². The second-order valence-corrected chi connectivity index (χ2v) is 5.81. The minimum absolute atomic E-state index is 0.378. The highest BCUT2D eigenvalue weighted by molar-refractivity contribution is 5.94. The van der Waals surface area contributed by atoms with E-state index in [1.54, 1.807) is 14.0 Å². The molecule has 6 N–H and O–H groups in total. The van der Waals surface area contributed by atoms with Crippen molar-refractivity contribution < 1.29 is 24.3 Å². The Balaban J connectivity index is 4.84. The van der Waals surface area contributed by atoms with Gasteiger partial charge < -0.3 is 31.7 Å². The van der Waals surface area contributed by atoms with Gasteiger partial charge in [-0.25, -0.2) is 0 Å². The Morgan fingerprint density at radius 3 is 1.56 bits per heavy atom. The summed E-state index contributed by atoms with van der Waals surface area (Å²) in [4.78, 5) is 47.6. The van der Waals surface area contributed by atoms with Crippen molar-refractivity contribution in [3.8, 4) is 0 Å². The van der Waals surface area contributed by atoms with Crippen molar-refractivity contribution in [2.24, 2.45) is 0 Å². The van der Waals surface area contributed by atoms with Crippen molar-refractivity contribution in [3.63, 3.8) is 0 Å². The first kappa shape index (κ1) is 22.8. The zero-order valence-corrected chi connectivity index (χ0v) is 15.5. The number of nitrogens with one attached hydrogen (secondary N) is 5. The number of likely N-dealkylation sites (N-methyl/N-ethyl adjacent to an activating group) is 2. The van der Waals surface area contributed by atoms with Crippen LogP contribution in [0.2, 0.25) is 0 Å². The largest absolute Gasteiger partial charge is 0.391 e. The quantitative estimate of drug-likeness (QED) is 0.262. The third kappa shape index (κ3) is 7.48. The number of carbonyl (C=O) groups is 4. The number of carbonyl (C=O) groups excluding carboxylic acids is 4. The van der Waals surface area contributed by atoms with Crippen LogP contribution in [-0.2, 0) is 19.2 Å². The summed E-state index contributed by atoms with van der Waals surface area (Å²) >= 11 is 0. The summed E-state index contributed by atoms with van der Waals surface area (Å²) in [6, 6.07) is -3.49. The van der Waals surface area contributed by atoms with E-state index in [0.29, 0.717) is 0 Å². The second kappa shape index (κ2) is 10.6. The summed E-state index contributed by atoms with van der Waals surface area (Å²) in [5, 5.41) is 22.1. The van der Waals surface area contributed by atoms with Gasteiger partial charge in [-0.05, 0) is 34.7 Å². The van der Waals surface area contributed by atoms with Gasteiger partial charge in [0.25, 0.3) is 0 Å². The molecule has 0 saturated heterocycles. The van der Waals surface area contributed by atoms with Crippen LogP contribution in [0.3, 0.4) is 0 Å². The van der Waals surface area contributed by atoms with Crippen LogP contribution in [-0.4, -0.2) is 73.1 Å². The molecule has 0 aliphatic rings. The summed E-state index contributed by atoms with van der Waals surface area (Å²) in [7, 11) is 3.03. The first-order chi connectivity index (χ1) is 11.5. The van der Waals surface area contributed by atoms with Crippen LogP contribution in [0.1, 0.15) is 27.7 Å². The van der Waals surface area contributed by atoms with Crippen LogP contribution in [0.5, 0.6) is 0 Å². The van der Waals surface area contributed by atoms with E-state index in [4.69, 9.17) is 0 Å². The highest BCUT2D eigenvalue weighted by Gasteiger charge is 2.30. The van der Waals surface area contributed by atoms with E-state index in [2.05, 4.69) is 26.6 Å².